The molecule has 2 heterocycles. The van der Waals surface area contributed by atoms with Gasteiger partial charge in [0.25, 0.3) is 5.91 Å². The molecule has 0 N–H and O–H groups in total. The monoisotopic (exact) mass is 388 g/mol. The highest BCUT2D eigenvalue weighted by molar-refractivity contribution is 5.96. The maximum atomic E-state index is 14.1. The van der Waals surface area contributed by atoms with E-state index in [1.165, 1.54) is 12.1 Å². The number of amides is 1. The maximum Gasteiger partial charge on any atom is 0.253 e. The normalized spacial score (nSPS) is 14.5. The van der Waals surface area contributed by atoms with Crippen LogP contribution in [0.4, 0.5) is 10.1 Å². The van der Waals surface area contributed by atoms with E-state index >= 15 is 0 Å². The Balaban J connectivity index is 1.67. The molecule has 6 heteroatoms. The van der Waals surface area contributed by atoms with Crippen molar-refractivity contribution in [3.8, 4) is 6.07 Å². The zero-order valence-electron chi connectivity index (χ0n) is 16.2. The van der Waals surface area contributed by atoms with Gasteiger partial charge in [0.1, 0.15) is 11.9 Å². The van der Waals surface area contributed by atoms with Gasteiger partial charge in [0.2, 0.25) is 0 Å². The highest BCUT2D eigenvalue weighted by Crippen LogP contribution is 2.32. The number of aromatic nitrogens is 1. The van der Waals surface area contributed by atoms with Crippen molar-refractivity contribution in [3.05, 3.63) is 71.2 Å². The molecule has 0 saturated carbocycles. The molecule has 0 aliphatic carbocycles. The summed E-state index contributed by atoms with van der Waals surface area (Å²) in [7, 11) is 0. The lowest BCUT2D eigenvalue weighted by Gasteiger charge is -2.26. The lowest BCUT2D eigenvalue weighted by molar-refractivity contribution is 0.0767. The number of rotatable bonds is 2. The third kappa shape index (κ3) is 3.64. The average Bonchev–Trinajstić information content (AvgIpc) is 2.99. The van der Waals surface area contributed by atoms with Gasteiger partial charge < -0.3 is 9.80 Å². The molecule has 0 atom stereocenters. The summed E-state index contributed by atoms with van der Waals surface area (Å²) in [6.07, 6.45) is 2.32. The summed E-state index contributed by atoms with van der Waals surface area (Å²) in [5, 5.41) is 10.3. The van der Waals surface area contributed by atoms with E-state index in [2.05, 4.69) is 16.0 Å². The molecule has 146 valence electrons. The molecule has 1 aliphatic heterocycles. The van der Waals surface area contributed by atoms with Gasteiger partial charge in [-0.1, -0.05) is 18.2 Å². The molecule has 0 spiro atoms. The number of carbonyl (C=O) groups excluding carboxylic acids is 1. The van der Waals surface area contributed by atoms with Crippen LogP contribution < -0.4 is 4.90 Å². The van der Waals surface area contributed by atoms with Crippen LogP contribution in [0.1, 0.15) is 27.9 Å². The minimum atomic E-state index is -0.344. The van der Waals surface area contributed by atoms with E-state index in [9.17, 15) is 14.4 Å². The molecule has 5 nitrogen and oxygen atoms in total. The Morgan fingerprint density at radius 1 is 1.14 bits per heavy atom. The third-order valence-electron chi connectivity index (χ3n) is 5.34. The second kappa shape index (κ2) is 7.88. The van der Waals surface area contributed by atoms with Crippen molar-refractivity contribution in [1.82, 2.24) is 9.88 Å². The first kappa shape index (κ1) is 18.9. The van der Waals surface area contributed by atoms with Crippen molar-refractivity contribution in [2.24, 2.45) is 0 Å². The third-order valence-corrected chi connectivity index (χ3v) is 5.34. The number of nitriles is 1. The van der Waals surface area contributed by atoms with Crippen LogP contribution in [0.5, 0.6) is 0 Å². The summed E-state index contributed by atoms with van der Waals surface area (Å²) in [5.41, 5.74) is 3.23. The van der Waals surface area contributed by atoms with Crippen molar-refractivity contribution in [1.29, 1.82) is 5.26 Å². The fraction of sp³-hybridized carbons (Fsp3) is 0.261. The molecule has 1 aliphatic rings. The van der Waals surface area contributed by atoms with Gasteiger partial charge in [-0.25, -0.2) is 4.39 Å². The lowest BCUT2D eigenvalue weighted by atomic mass is 10.0. The molecule has 0 unspecified atom stereocenters. The van der Waals surface area contributed by atoms with Crippen molar-refractivity contribution < 1.29 is 9.18 Å². The minimum Gasteiger partial charge on any atom is -0.368 e. The molecule has 1 aromatic heterocycles. The van der Waals surface area contributed by atoms with Crippen LogP contribution in [0.3, 0.4) is 0 Å². The van der Waals surface area contributed by atoms with Gasteiger partial charge in [-0.3, -0.25) is 9.78 Å². The largest absolute Gasteiger partial charge is 0.368 e. The molecule has 29 heavy (non-hydrogen) atoms. The molecule has 1 fully saturated rings. The summed E-state index contributed by atoms with van der Waals surface area (Å²) in [6.45, 7) is 4.25. The fourth-order valence-electron chi connectivity index (χ4n) is 3.95. The van der Waals surface area contributed by atoms with Gasteiger partial charge in [0, 0.05) is 43.3 Å². The lowest BCUT2D eigenvalue weighted by Crippen LogP contribution is -2.35. The second-order valence-corrected chi connectivity index (χ2v) is 7.25. The first-order valence-corrected chi connectivity index (χ1v) is 9.66. The van der Waals surface area contributed by atoms with Gasteiger partial charge in [-0.15, -0.1) is 0 Å². The van der Waals surface area contributed by atoms with Crippen LogP contribution >= 0.6 is 0 Å². The number of benzene rings is 2. The fourth-order valence-corrected chi connectivity index (χ4v) is 3.95. The summed E-state index contributed by atoms with van der Waals surface area (Å²) in [6, 6.07) is 14.3. The number of fused-ring (bicyclic) bond motifs is 1. The van der Waals surface area contributed by atoms with E-state index in [0.29, 0.717) is 53.9 Å². The number of pyridine rings is 1. The Kier molecular flexibility index (Phi) is 5.13. The van der Waals surface area contributed by atoms with Gasteiger partial charge >= 0.3 is 0 Å². The number of carbonyl (C=O) groups is 1. The van der Waals surface area contributed by atoms with Crippen molar-refractivity contribution in [2.75, 3.05) is 31.1 Å². The number of aryl methyl sites for hydroxylation is 1. The van der Waals surface area contributed by atoms with Crippen LogP contribution in [0.25, 0.3) is 10.9 Å². The van der Waals surface area contributed by atoms with Gasteiger partial charge in [-0.05, 0) is 43.2 Å². The predicted molar refractivity (Wildman–Crippen MR) is 110 cm³/mol. The molecule has 0 bridgehead atoms. The van der Waals surface area contributed by atoms with Crippen LogP contribution in [0.15, 0.2) is 48.7 Å². The number of hydrogen-bond acceptors (Lipinski definition) is 4. The predicted octanol–water partition coefficient (Wildman–Crippen LogP) is 3.91. The van der Waals surface area contributed by atoms with E-state index in [0.717, 1.165) is 12.0 Å². The molecule has 2 aromatic carbocycles. The van der Waals surface area contributed by atoms with E-state index in [1.807, 2.05) is 42.2 Å². The Labute approximate surface area is 169 Å². The summed E-state index contributed by atoms with van der Waals surface area (Å²) >= 11 is 0. The Bertz CT molecular complexity index is 1110. The Hall–Kier alpha value is -3.46. The topological polar surface area (TPSA) is 60.2 Å². The van der Waals surface area contributed by atoms with Crippen LogP contribution in [-0.4, -0.2) is 42.0 Å². The Morgan fingerprint density at radius 2 is 1.93 bits per heavy atom. The number of nitrogens with zero attached hydrogens (tertiary/aromatic N) is 4. The number of halogens is 1. The minimum absolute atomic E-state index is 0.00873. The highest BCUT2D eigenvalue weighted by Gasteiger charge is 2.23. The smallest absolute Gasteiger partial charge is 0.253 e. The molecule has 3 aromatic rings. The van der Waals surface area contributed by atoms with E-state index in [1.54, 1.807) is 6.20 Å². The quantitative estimate of drug-likeness (QED) is 0.668. The van der Waals surface area contributed by atoms with Gasteiger partial charge in [-0.2, -0.15) is 5.26 Å². The van der Waals surface area contributed by atoms with Gasteiger partial charge in [0.05, 0.1) is 16.8 Å². The first-order chi connectivity index (χ1) is 14.1. The van der Waals surface area contributed by atoms with E-state index in [4.69, 9.17) is 0 Å². The highest BCUT2D eigenvalue weighted by atomic mass is 19.1. The van der Waals surface area contributed by atoms with E-state index in [-0.39, 0.29) is 11.7 Å². The van der Waals surface area contributed by atoms with Crippen molar-refractivity contribution in [3.63, 3.8) is 0 Å². The zero-order chi connectivity index (χ0) is 20.4. The second-order valence-electron chi connectivity index (χ2n) is 7.25. The number of hydrogen-bond donors (Lipinski definition) is 0. The molecule has 1 saturated heterocycles. The SMILES string of the molecule is Cc1cc(F)cc2c(N3CCCN(C(=O)c4ccccc4)CC3)c(C#N)cnc12. The van der Waals surface area contributed by atoms with Crippen LogP contribution in [0.2, 0.25) is 0 Å². The average molecular weight is 388 g/mol. The molecule has 0 radical (unpaired) electrons. The van der Waals surface area contributed by atoms with Crippen molar-refractivity contribution in [2.45, 2.75) is 13.3 Å². The molecule has 4 rings (SSSR count). The van der Waals surface area contributed by atoms with Crippen molar-refractivity contribution >= 4 is 22.5 Å². The van der Waals surface area contributed by atoms with Crippen LogP contribution in [0, 0.1) is 24.1 Å². The molecular weight excluding hydrogens is 367 g/mol. The molecular formula is C23H21FN4O. The maximum absolute atomic E-state index is 14.1. The summed E-state index contributed by atoms with van der Waals surface area (Å²) in [4.78, 5) is 21.1. The molecule has 1 amide bonds. The standard InChI is InChI=1S/C23H21FN4O/c1-16-12-19(24)13-20-21(16)26-15-18(14-25)22(20)27-8-5-9-28(11-10-27)23(29)17-6-3-2-4-7-17/h2-4,6-7,12-13,15H,5,8-11H2,1H3. The Morgan fingerprint density at radius 3 is 2.69 bits per heavy atom. The zero-order valence-corrected chi connectivity index (χ0v) is 16.2. The van der Waals surface area contributed by atoms with Crippen LogP contribution in [-0.2, 0) is 0 Å². The van der Waals surface area contributed by atoms with E-state index < -0.39 is 0 Å². The summed E-state index contributed by atoms with van der Waals surface area (Å²) in [5.74, 6) is -0.335. The summed E-state index contributed by atoms with van der Waals surface area (Å²) < 4.78 is 14.1. The first-order valence-electron chi connectivity index (χ1n) is 9.66. The number of anilines is 1. The van der Waals surface area contributed by atoms with Gasteiger partial charge in [0.15, 0.2) is 0 Å².